The van der Waals surface area contributed by atoms with Crippen LogP contribution in [-0.4, -0.2) is 25.0 Å². The van der Waals surface area contributed by atoms with Crippen LogP contribution in [0, 0.1) is 18.7 Å². The average Bonchev–Trinajstić information content (AvgIpc) is 2.70. The Kier molecular flexibility index (Phi) is 3.48. The Morgan fingerprint density at radius 2 is 2.29 bits per heavy atom. The van der Waals surface area contributed by atoms with E-state index in [2.05, 4.69) is 23.8 Å². The predicted molar refractivity (Wildman–Crippen MR) is 69.5 cm³/mol. The molecule has 17 heavy (non-hydrogen) atoms. The van der Waals surface area contributed by atoms with Crippen molar-refractivity contribution in [3.8, 4) is 0 Å². The van der Waals surface area contributed by atoms with Crippen molar-refractivity contribution in [1.29, 1.82) is 0 Å². The van der Waals surface area contributed by atoms with Crippen LogP contribution in [0.1, 0.15) is 12.0 Å². The number of hydrogen-bond acceptors (Lipinski definition) is 2. The van der Waals surface area contributed by atoms with Crippen molar-refractivity contribution in [3.05, 3.63) is 41.9 Å². The maximum atomic E-state index is 13.1. The molecule has 0 radical (unpaired) electrons. The van der Waals surface area contributed by atoms with E-state index in [0.717, 1.165) is 30.9 Å². The number of rotatable bonds is 3. The summed E-state index contributed by atoms with van der Waals surface area (Å²) in [5.41, 5.74) is 2.61. The second kappa shape index (κ2) is 4.88. The highest BCUT2D eigenvalue weighted by Crippen LogP contribution is 2.24. The molecule has 2 nitrogen and oxygen atoms in total. The normalized spacial score (nSPS) is 20.5. The van der Waals surface area contributed by atoms with Gasteiger partial charge in [-0.1, -0.05) is 6.58 Å². The maximum absolute atomic E-state index is 13.1. The number of nitrogens with zero attached hydrogens (tertiary/aromatic N) is 1. The molecule has 0 aromatic heterocycles. The van der Waals surface area contributed by atoms with Crippen molar-refractivity contribution in [2.24, 2.45) is 5.92 Å². The first-order valence-corrected chi connectivity index (χ1v) is 5.97. The molecular weight excluding hydrogens is 215 g/mol. The lowest BCUT2D eigenvalue weighted by Gasteiger charge is -2.16. The number of hydrogen-bond donors (Lipinski definition) is 1. The van der Waals surface area contributed by atoms with Crippen LogP contribution < -0.4 is 5.32 Å². The van der Waals surface area contributed by atoms with Crippen LogP contribution in [0.3, 0.4) is 0 Å². The molecule has 1 aromatic rings. The van der Waals surface area contributed by atoms with E-state index >= 15 is 0 Å². The summed E-state index contributed by atoms with van der Waals surface area (Å²) in [7, 11) is 2.12. The van der Waals surface area contributed by atoms with Crippen LogP contribution in [0.2, 0.25) is 0 Å². The molecule has 0 amide bonds. The van der Waals surface area contributed by atoms with Crippen molar-refractivity contribution in [2.45, 2.75) is 13.3 Å². The van der Waals surface area contributed by atoms with Gasteiger partial charge in [0.25, 0.3) is 0 Å². The van der Waals surface area contributed by atoms with E-state index in [1.807, 2.05) is 6.07 Å². The third-order valence-corrected chi connectivity index (χ3v) is 3.35. The summed E-state index contributed by atoms with van der Waals surface area (Å²) in [6.07, 6.45) is 1.14. The van der Waals surface area contributed by atoms with Gasteiger partial charge < -0.3 is 10.2 Å². The van der Waals surface area contributed by atoms with E-state index in [9.17, 15) is 4.39 Å². The molecule has 1 N–H and O–H groups in total. The molecule has 1 atom stereocenters. The Balaban J connectivity index is 2.00. The quantitative estimate of drug-likeness (QED) is 0.865. The molecule has 1 aliphatic heterocycles. The van der Waals surface area contributed by atoms with Gasteiger partial charge in [0, 0.05) is 23.8 Å². The van der Waals surface area contributed by atoms with E-state index in [1.54, 1.807) is 13.0 Å². The fourth-order valence-corrected chi connectivity index (χ4v) is 2.23. The minimum absolute atomic E-state index is 0.165. The van der Waals surface area contributed by atoms with Crippen LogP contribution in [0.25, 0.3) is 0 Å². The number of halogens is 1. The van der Waals surface area contributed by atoms with E-state index in [-0.39, 0.29) is 5.82 Å². The van der Waals surface area contributed by atoms with Gasteiger partial charge in [-0.2, -0.15) is 0 Å². The predicted octanol–water partition coefficient (Wildman–Crippen LogP) is 3.01. The molecule has 0 spiro atoms. The molecule has 2 rings (SSSR count). The van der Waals surface area contributed by atoms with Gasteiger partial charge in [0.2, 0.25) is 0 Å². The summed E-state index contributed by atoms with van der Waals surface area (Å²) >= 11 is 0. The van der Waals surface area contributed by atoms with Crippen molar-refractivity contribution in [1.82, 2.24) is 4.90 Å². The second-order valence-corrected chi connectivity index (χ2v) is 4.86. The third-order valence-electron chi connectivity index (χ3n) is 3.35. The molecule has 1 aromatic carbocycles. The number of anilines is 1. The van der Waals surface area contributed by atoms with Gasteiger partial charge >= 0.3 is 0 Å². The van der Waals surface area contributed by atoms with Gasteiger partial charge in [-0.25, -0.2) is 4.39 Å². The van der Waals surface area contributed by atoms with Gasteiger partial charge in [0.1, 0.15) is 5.82 Å². The first-order valence-electron chi connectivity index (χ1n) is 5.97. The number of likely N-dealkylation sites (tertiary alicyclic amines) is 1. The molecule has 1 saturated heterocycles. The van der Waals surface area contributed by atoms with Crippen LogP contribution >= 0.6 is 0 Å². The van der Waals surface area contributed by atoms with Crippen LogP contribution in [-0.2, 0) is 0 Å². The van der Waals surface area contributed by atoms with E-state index in [1.165, 1.54) is 6.07 Å². The molecule has 1 unspecified atom stereocenters. The number of nitrogens with one attached hydrogen (secondary N) is 1. The SMILES string of the molecule is C=C(Nc1ccc(F)c(C)c1)C1CCN(C)C1. The highest BCUT2D eigenvalue weighted by Gasteiger charge is 2.21. The molecule has 92 valence electrons. The Labute approximate surface area is 102 Å². The zero-order chi connectivity index (χ0) is 12.4. The Bertz CT molecular complexity index is 428. The third kappa shape index (κ3) is 2.86. The van der Waals surface area contributed by atoms with E-state index in [4.69, 9.17) is 0 Å². The molecule has 0 aliphatic carbocycles. The molecule has 0 bridgehead atoms. The van der Waals surface area contributed by atoms with E-state index in [0.29, 0.717) is 11.5 Å². The topological polar surface area (TPSA) is 15.3 Å². The lowest BCUT2D eigenvalue weighted by Crippen LogP contribution is -2.17. The highest BCUT2D eigenvalue weighted by atomic mass is 19.1. The van der Waals surface area contributed by atoms with Crippen molar-refractivity contribution >= 4 is 5.69 Å². The maximum Gasteiger partial charge on any atom is 0.126 e. The number of benzene rings is 1. The monoisotopic (exact) mass is 234 g/mol. The summed E-state index contributed by atoms with van der Waals surface area (Å²) in [4.78, 5) is 2.30. The summed E-state index contributed by atoms with van der Waals surface area (Å²) in [5.74, 6) is 0.326. The van der Waals surface area contributed by atoms with Crippen LogP contribution in [0.15, 0.2) is 30.5 Å². The van der Waals surface area contributed by atoms with Crippen molar-refractivity contribution in [2.75, 3.05) is 25.5 Å². The first kappa shape index (κ1) is 12.1. The minimum Gasteiger partial charge on any atom is -0.359 e. The molecular formula is C14H19FN2. The fraction of sp³-hybridized carbons (Fsp3) is 0.429. The van der Waals surface area contributed by atoms with Crippen molar-refractivity contribution < 1.29 is 4.39 Å². The van der Waals surface area contributed by atoms with E-state index < -0.39 is 0 Å². The summed E-state index contributed by atoms with van der Waals surface area (Å²) in [6.45, 7) is 8.02. The average molecular weight is 234 g/mol. The Morgan fingerprint density at radius 3 is 2.88 bits per heavy atom. The fourth-order valence-electron chi connectivity index (χ4n) is 2.23. The lowest BCUT2D eigenvalue weighted by atomic mass is 10.1. The second-order valence-electron chi connectivity index (χ2n) is 4.86. The largest absolute Gasteiger partial charge is 0.359 e. The molecule has 1 aliphatic rings. The molecule has 1 fully saturated rings. The standard InChI is InChI=1S/C14H19FN2/c1-10-8-13(4-5-14(10)15)16-11(2)12-6-7-17(3)9-12/h4-5,8,12,16H,2,6-7,9H2,1,3H3. The summed E-state index contributed by atoms with van der Waals surface area (Å²) in [6, 6.07) is 5.07. The van der Waals surface area contributed by atoms with Crippen LogP contribution in [0.4, 0.5) is 10.1 Å². The van der Waals surface area contributed by atoms with Crippen LogP contribution in [0.5, 0.6) is 0 Å². The summed E-state index contributed by atoms with van der Waals surface area (Å²) in [5, 5.41) is 3.28. The Morgan fingerprint density at radius 1 is 1.53 bits per heavy atom. The smallest absolute Gasteiger partial charge is 0.126 e. The molecule has 3 heteroatoms. The zero-order valence-corrected chi connectivity index (χ0v) is 10.5. The molecule has 0 saturated carbocycles. The van der Waals surface area contributed by atoms with Gasteiger partial charge in [-0.3, -0.25) is 0 Å². The highest BCUT2D eigenvalue weighted by molar-refractivity contribution is 5.50. The first-order chi connectivity index (χ1) is 8.06. The zero-order valence-electron chi connectivity index (χ0n) is 10.5. The van der Waals surface area contributed by atoms with Gasteiger partial charge in [0.15, 0.2) is 0 Å². The summed E-state index contributed by atoms with van der Waals surface area (Å²) < 4.78 is 13.1. The van der Waals surface area contributed by atoms with Gasteiger partial charge in [-0.05, 0) is 50.7 Å². The van der Waals surface area contributed by atoms with Gasteiger partial charge in [-0.15, -0.1) is 0 Å². The lowest BCUT2D eigenvalue weighted by molar-refractivity contribution is 0.406. The minimum atomic E-state index is -0.165. The van der Waals surface area contributed by atoms with Gasteiger partial charge in [0.05, 0.1) is 0 Å². The Hall–Kier alpha value is -1.35. The molecule has 1 heterocycles. The van der Waals surface area contributed by atoms with Crippen molar-refractivity contribution in [3.63, 3.8) is 0 Å². The number of aryl methyl sites for hydroxylation is 1.